The second-order valence-electron chi connectivity index (χ2n) is 4.27. The SMILES string of the molecule is COC(=O)c1ccccc1OC(=O)Cc1ccc(Br)cc1. The van der Waals surface area contributed by atoms with Crippen LogP contribution in [0.5, 0.6) is 5.75 Å². The minimum Gasteiger partial charge on any atom is -0.465 e. The van der Waals surface area contributed by atoms with Gasteiger partial charge in [-0.3, -0.25) is 4.79 Å². The minimum absolute atomic E-state index is 0.128. The van der Waals surface area contributed by atoms with Crippen molar-refractivity contribution in [2.24, 2.45) is 0 Å². The third kappa shape index (κ3) is 4.16. The van der Waals surface area contributed by atoms with E-state index in [1.807, 2.05) is 24.3 Å². The number of hydrogen-bond donors (Lipinski definition) is 0. The molecule has 2 rings (SSSR count). The number of esters is 2. The number of hydrogen-bond acceptors (Lipinski definition) is 4. The fourth-order valence-electron chi connectivity index (χ4n) is 1.76. The van der Waals surface area contributed by atoms with Crippen molar-refractivity contribution in [2.75, 3.05) is 7.11 Å². The van der Waals surface area contributed by atoms with Crippen LogP contribution >= 0.6 is 15.9 Å². The molecule has 0 heterocycles. The quantitative estimate of drug-likeness (QED) is 0.627. The number of methoxy groups -OCH3 is 1. The first-order chi connectivity index (χ1) is 10.1. The first-order valence-electron chi connectivity index (χ1n) is 6.22. The number of benzene rings is 2. The summed E-state index contributed by atoms with van der Waals surface area (Å²) < 4.78 is 10.8. The molecule has 21 heavy (non-hydrogen) atoms. The minimum atomic E-state index is -0.540. The summed E-state index contributed by atoms with van der Waals surface area (Å²) in [6, 6.07) is 13.8. The smallest absolute Gasteiger partial charge is 0.341 e. The second-order valence-corrected chi connectivity index (χ2v) is 5.18. The van der Waals surface area contributed by atoms with Crippen LogP contribution in [0.15, 0.2) is 53.0 Å². The Hall–Kier alpha value is -2.14. The first kappa shape index (κ1) is 15.3. The van der Waals surface area contributed by atoms with Crippen LogP contribution in [0.4, 0.5) is 0 Å². The lowest BCUT2D eigenvalue weighted by Crippen LogP contribution is -2.14. The number of carbonyl (C=O) groups excluding carboxylic acids is 2. The van der Waals surface area contributed by atoms with Crippen LogP contribution < -0.4 is 4.74 Å². The lowest BCUT2D eigenvalue weighted by atomic mass is 10.1. The third-order valence-electron chi connectivity index (χ3n) is 2.78. The highest BCUT2D eigenvalue weighted by atomic mass is 79.9. The van der Waals surface area contributed by atoms with E-state index in [1.165, 1.54) is 7.11 Å². The van der Waals surface area contributed by atoms with Gasteiger partial charge < -0.3 is 9.47 Å². The topological polar surface area (TPSA) is 52.6 Å². The number of rotatable bonds is 4. The zero-order chi connectivity index (χ0) is 15.2. The van der Waals surface area contributed by atoms with Gasteiger partial charge in [-0.15, -0.1) is 0 Å². The molecule has 0 fully saturated rings. The monoisotopic (exact) mass is 348 g/mol. The lowest BCUT2D eigenvalue weighted by Gasteiger charge is -2.08. The van der Waals surface area contributed by atoms with Crippen LogP contribution in [0.2, 0.25) is 0 Å². The molecular formula is C16H13BrO4. The molecule has 2 aromatic carbocycles. The van der Waals surface area contributed by atoms with Crippen LogP contribution in [0, 0.1) is 0 Å². The first-order valence-corrected chi connectivity index (χ1v) is 7.02. The fraction of sp³-hybridized carbons (Fsp3) is 0.125. The van der Waals surface area contributed by atoms with Crippen molar-refractivity contribution in [3.05, 3.63) is 64.1 Å². The molecule has 0 saturated heterocycles. The highest BCUT2D eigenvalue weighted by Crippen LogP contribution is 2.19. The molecule has 0 unspecified atom stereocenters. The predicted octanol–water partition coefficient (Wildman–Crippen LogP) is 3.38. The van der Waals surface area contributed by atoms with E-state index in [0.29, 0.717) is 0 Å². The van der Waals surface area contributed by atoms with Crippen molar-refractivity contribution >= 4 is 27.9 Å². The van der Waals surface area contributed by atoms with E-state index in [-0.39, 0.29) is 17.7 Å². The summed E-state index contributed by atoms with van der Waals surface area (Å²) in [6.45, 7) is 0. The van der Waals surface area contributed by atoms with Crippen molar-refractivity contribution < 1.29 is 19.1 Å². The third-order valence-corrected chi connectivity index (χ3v) is 3.31. The van der Waals surface area contributed by atoms with Gasteiger partial charge in [0.2, 0.25) is 0 Å². The van der Waals surface area contributed by atoms with E-state index in [1.54, 1.807) is 24.3 Å². The van der Waals surface area contributed by atoms with Crippen molar-refractivity contribution in [1.82, 2.24) is 0 Å². The zero-order valence-electron chi connectivity index (χ0n) is 11.3. The molecule has 0 saturated carbocycles. The molecule has 0 atom stereocenters. The van der Waals surface area contributed by atoms with Crippen LogP contribution in [-0.4, -0.2) is 19.0 Å². The van der Waals surface area contributed by atoms with Gasteiger partial charge in [-0.2, -0.15) is 0 Å². The van der Waals surface area contributed by atoms with Gasteiger partial charge in [0.1, 0.15) is 11.3 Å². The maximum atomic E-state index is 11.9. The molecule has 4 nitrogen and oxygen atoms in total. The summed E-state index contributed by atoms with van der Waals surface area (Å²) >= 11 is 3.33. The molecule has 0 aliphatic heterocycles. The maximum Gasteiger partial charge on any atom is 0.341 e. The lowest BCUT2D eigenvalue weighted by molar-refractivity contribution is -0.133. The van der Waals surface area contributed by atoms with Crippen LogP contribution in [0.3, 0.4) is 0 Å². The van der Waals surface area contributed by atoms with E-state index in [9.17, 15) is 9.59 Å². The molecule has 0 amide bonds. The van der Waals surface area contributed by atoms with Crippen LogP contribution in [0.1, 0.15) is 15.9 Å². The molecular weight excluding hydrogens is 336 g/mol. The largest absolute Gasteiger partial charge is 0.465 e. The van der Waals surface area contributed by atoms with Gasteiger partial charge in [0, 0.05) is 4.47 Å². The highest BCUT2D eigenvalue weighted by molar-refractivity contribution is 9.10. The van der Waals surface area contributed by atoms with E-state index >= 15 is 0 Å². The Kier molecular flexibility index (Phi) is 5.11. The molecule has 0 bridgehead atoms. The molecule has 5 heteroatoms. The molecule has 0 aromatic heterocycles. The fourth-order valence-corrected chi connectivity index (χ4v) is 2.03. The molecule has 2 aromatic rings. The van der Waals surface area contributed by atoms with Gasteiger partial charge in [0.05, 0.1) is 13.5 Å². The summed E-state index contributed by atoms with van der Waals surface area (Å²) in [5.74, 6) is -0.776. The normalized spacial score (nSPS) is 10.0. The second kappa shape index (κ2) is 7.04. The van der Waals surface area contributed by atoms with Crippen molar-refractivity contribution in [1.29, 1.82) is 0 Å². The average molecular weight is 349 g/mol. The Bertz CT molecular complexity index is 650. The van der Waals surface area contributed by atoms with Crippen molar-refractivity contribution in [3.63, 3.8) is 0 Å². The van der Waals surface area contributed by atoms with Crippen molar-refractivity contribution in [3.8, 4) is 5.75 Å². The zero-order valence-corrected chi connectivity index (χ0v) is 12.9. The average Bonchev–Trinajstić information content (AvgIpc) is 2.49. The highest BCUT2D eigenvalue weighted by Gasteiger charge is 2.15. The Labute approximate surface area is 130 Å². The Morgan fingerprint density at radius 2 is 1.71 bits per heavy atom. The summed E-state index contributed by atoms with van der Waals surface area (Å²) in [6.07, 6.45) is 0.128. The Morgan fingerprint density at radius 1 is 1.05 bits per heavy atom. The van der Waals surface area contributed by atoms with Gasteiger partial charge in [0.25, 0.3) is 0 Å². The summed E-state index contributed by atoms with van der Waals surface area (Å²) in [5, 5.41) is 0. The summed E-state index contributed by atoms with van der Waals surface area (Å²) in [5.41, 5.74) is 1.06. The standard InChI is InChI=1S/C16H13BrO4/c1-20-16(19)13-4-2-3-5-14(13)21-15(18)10-11-6-8-12(17)9-7-11/h2-9H,10H2,1H3. The molecule has 0 aliphatic carbocycles. The predicted molar refractivity (Wildman–Crippen MR) is 81.3 cm³/mol. The number of ether oxygens (including phenoxy) is 2. The van der Waals surface area contributed by atoms with Crippen molar-refractivity contribution in [2.45, 2.75) is 6.42 Å². The number of para-hydroxylation sites is 1. The van der Waals surface area contributed by atoms with Gasteiger partial charge in [-0.25, -0.2) is 4.79 Å². The van der Waals surface area contributed by atoms with Gasteiger partial charge in [0.15, 0.2) is 0 Å². The Morgan fingerprint density at radius 3 is 2.38 bits per heavy atom. The maximum absolute atomic E-state index is 11.9. The van der Waals surface area contributed by atoms with Gasteiger partial charge >= 0.3 is 11.9 Å². The van der Waals surface area contributed by atoms with Gasteiger partial charge in [-0.05, 0) is 29.8 Å². The van der Waals surface area contributed by atoms with Crippen LogP contribution in [-0.2, 0) is 16.0 Å². The van der Waals surface area contributed by atoms with Gasteiger partial charge in [-0.1, -0.05) is 40.2 Å². The molecule has 0 spiro atoms. The summed E-state index contributed by atoms with van der Waals surface area (Å²) in [7, 11) is 1.28. The number of carbonyl (C=O) groups is 2. The molecule has 0 aliphatic rings. The molecule has 0 radical (unpaired) electrons. The van der Waals surface area contributed by atoms with E-state index < -0.39 is 11.9 Å². The molecule has 108 valence electrons. The number of halogens is 1. The van der Waals surface area contributed by atoms with E-state index in [2.05, 4.69) is 20.7 Å². The molecule has 0 N–H and O–H groups in total. The van der Waals surface area contributed by atoms with E-state index in [4.69, 9.17) is 4.74 Å². The Balaban J connectivity index is 2.09. The summed E-state index contributed by atoms with van der Waals surface area (Å²) in [4.78, 5) is 23.5. The van der Waals surface area contributed by atoms with Crippen LogP contribution in [0.25, 0.3) is 0 Å². The van der Waals surface area contributed by atoms with E-state index in [0.717, 1.165) is 10.0 Å².